The Morgan fingerprint density at radius 2 is 2.14 bits per heavy atom. The number of aryl methyl sites for hydroxylation is 2. The van der Waals surface area contributed by atoms with Gasteiger partial charge < -0.3 is 11.1 Å². The van der Waals surface area contributed by atoms with Crippen molar-refractivity contribution in [2.45, 2.75) is 18.7 Å². The molecule has 0 aliphatic heterocycles. The number of anilines is 1. The van der Waals surface area contributed by atoms with Gasteiger partial charge >= 0.3 is 0 Å². The van der Waals surface area contributed by atoms with Gasteiger partial charge in [-0.2, -0.15) is 0 Å². The summed E-state index contributed by atoms with van der Waals surface area (Å²) in [6.45, 7) is 4.03. The van der Waals surface area contributed by atoms with Crippen molar-refractivity contribution < 1.29 is 9.59 Å². The van der Waals surface area contributed by atoms with Crippen molar-refractivity contribution in [3.05, 3.63) is 40.4 Å². The lowest BCUT2D eigenvalue weighted by Crippen LogP contribution is -2.13. The first-order valence-electron chi connectivity index (χ1n) is 6.21. The van der Waals surface area contributed by atoms with Crippen LogP contribution in [0, 0.1) is 13.8 Å². The van der Waals surface area contributed by atoms with Crippen LogP contribution in [0.5, 0.6) is 0 Å². The molecular weight excluding hydrogens is 306 g/mol. The third-order valence-corrected chi connectivity index (χ3v) is 4.78. The zero-order chi connectivity index (χ0) is 15.4. The fourth-order valence-electron chi connectivity index (χ4n) is 1.61. The van der Waals surface area contributed by atoms with Crippen LogP contribution in [0.2, 0.25) is 0 Å². The Kier molecular flexibility index (Phi) is 4.98. The van der Waals surface area contributed by atoms with Crippen LogP contribution in [0.4, 0.5) is 5.13 Å². The van der Waals surface area contributed by atoms with Gasteiger partial charge in [0, 0.05) is 4.90 Å². The molecule has 21 heavy (non-hydrogen) atoms. The molecule has 0 aliphatic rings. The second-order valence-corrected chi connectivity index (χ2v) is 6.55. The number of hydrogen-bond acceptors (Lipinski definition) is 5. The highest BCUT2D eigenvalue weighted by atomic mass is 32.2. The van der Waals surface area contributed by atoms with Gasteiger partial charge in [-0.15, -0.1) is 11.8 Å². The number of aromatic nitrogens is 1. The maximum Gasteiger partial charge on any atom is 0.260 e. The van der Waals surface area contributed by atoms with Gasteiger partial charge in [0.15, 0.2) is 5.13 Å². The summed E-state index contributed by atoms with van der Waals surface area (Å²) in [5, 5.41) is 3.05. The van der Waals surface area contributed by atoms with Gasteiger partial charge in [0.1, 0.15) is 4.88 Å². The number of hydrogen-bond donors (Lipinski definition) is 2. The Balaban J connectivity index is 1.92. The molecule has 1 heterocycles. The van der Waals surface area contributed by atoms with Gasteiger partial charge in [-0.1, -0.05) is 29.0 Å². The molecule has 0 radical (unpaired) electrons. The zero-order valence-corrected chi connectivity index (χ0v) is 13.3. The second-order valence-electron chi connectivity index (χ2n) is 4.50. The van der Waals surface area contributed by atoms with Crippen molar-refractivity contribution in [1.29, 1.82) is 0 Å². The summed E-state index contributed by atoms with van der Waals surface area (Å²) in [5.74, 6) is -0.417. The standard InChI is InChI=1S/C14H15N3O2S2/c1-8-3-4-9(2)10(5-8)20-7-12(18)17-14-16-6-11(21-14)13(15)19/h3-6H,7H2,1-2H3,(H2,15,19)(H,16,17,18). The van der Waals surface area contributed by atoms with E-state index in [1.54, 1.807) is 0 Å². The van der Waals surface area contributed by atoms with Gasteiger partial charge in [0.2, 0.25) is 5.91 Å². The molecule has 0 fully saturated rings. The number of carbonyl (C=O) groups excluding carboxylic acids is 2. The minimum Gasteiger partial charge on any atom is -0.365 e. The predicted molar refractivity (Wildman–Crippen MR) is 85.9 cm³/mol. The molecule has 0 aliphatic carbocycles. The number of primary amides is 1. The summed E-state index contributed by atoms with van der Waals surface area (Å²) in [6.07, 6.45) is 1.36. The first-order chi connectivity index (χ1) is 9.95. The Morgan fingerprint density at radius 3 is 2.81 bits per heavy atom. The summed E-state index contributed by atoms with van der Waals surface area (Å²) in [6, 6.07) is 6.14. The van der Waals surface area contributed by atoms with E-state index in [9.17, 15) is 9.59 Å². The minimum absolute atomic E-state index is 0.161. The molecule has 0 bridgehead atoms. The van der Waals surface area contributed by atoms with Crippen molar-refractivity contribution >= 4 is 40.0 Å². The van der Waals surface area contributed by atoms with Crippen LogP contribution >= 0.6 is 23.1 Å². The summed E-state index contributed by atoms with van der Waals surface area (Å²) in [4.78, 5) is 28.2. The molecule has 0 spiro atoms. The molecule has 2 rings (SSSR count). The minimum atomic E-state index is -0.544. The molecule has 1 aromatic carbocycles. The normalized spacial score (nSPS) is 10.4. The lowest BCUT2D eigenvalue weighted by Gasteiger charge is -2.06. The van der Waals surface area contributed by atoms with E-state index in [4.69, 9.17) is 5.73 Å². The van der Waals surface area contributed by atoms with Crippen LogP contribution in [0.3, 0.4) is 0 Å². The average Bonchev–Trinajstić information content (AvgIpc) is 2.88. The summed E-state index contributed by atoms with van der Waals surface area (Å²) in [5.41, 5.74) is 7.44. The Morgan fingerprint density at radius 1 is 1.38 bits per heavy atom. The third-order valence-electron chi connectivity index (χ3n) is 2.70. The van der Waals surface area contributed by atoms with E-state index in [1.807, 2.05) is 26.0 Å². The number of rotatable bonds is 5. The lowest BCUT2D eigenvalue weighted by molar-refractivity contribution is -0.113. The molecule has 1 aromatic heterocycles. The Labute approximate surface area is 131 Å². The fourth-order valence-corrected chi connectivity index (χ4v) is 3.22. The van der Waals surface area contributed by atoms with E-state index in [1.165, 1.54) is 18.0 Å². The number of carbonyl (C=O) groups is 2. The number of benzene rings is 1. The predicted octanol–water partition coefficient (Wildman–Crippen LogP) is 2.59. The summed E-state index contributed by atoms with van der Waals surface area (Å²) < 4.78 is 0. The van der Waals surface area contributed by atoms with E-state index in [-0.39, 0.29) is 11.7 Å². The van der Waals surface area contributed by atoms with Crippen molar-refractivity contribution in [3.8, 4) is 0 Å². The van der Waals surface area contributed by atoms with Crippen molar-refractivity contribution in [2.24, 2.45) is 5.73 Å². The van der Waals surface area contributed by atoms with E-state index in [0.717, 1.165) is 27.4 Å². The SMILES string of the molecule is Cc1ccc(C)c(SCC(=O)Nc2ncc(C(N)=O)s2)c1. The third kappa shape index (κ3) is 4.30. The highest BCUT2D eigenvalue weighted by molar-refractivity contribution is 8.00. The molecule has 0 saturated carbocycles. The van der Waals surface area contributed by atoms with Crippen molar-refractivity contribution in [2.75, 3.05) is 11.1 Å². The number of amides is 2. The largest absolute Gasteiger partial charge is 0.365 e. The van der Waals surface area contributed by atoms with Crippen LogP contribution < -0.4 is 11.1 Å². The molecule has 3 N–H and O–H groups in total. The van der Waals surface area contributed by atoms with Crippen LogP contribution in [0.25, 0.3) is 0 Å². The van der Waals surface area contributed by atoms with Gasteiger partial charge in [-0.3, -0.25) is 9.59 Å². The van der Waals surface area contributed by atoms with Crippen molar-refractivity contribution in [3.63, 3.8) is 0 Å². The summed E-state index contributed by atoms with van der Waals surface area (Å²) >= 11 is 2.54. The van der Waals surface area contributed by atoms with E-state index >= 15 is 0 Å². The molecule has 0 unspecified atom stereocenters. The fraction of sp³-hybridized carbons (Fsp3) is 0.214. The topological polar surface area (TPSA) is 85.1 Å². The molecular formula is C14H15N3O2S2. The molecule has 5 nitrogen and oxygen atoms in total. The quantitative estimate of drug-likeness (QED) is 0.829. The van der Waals surface area contributed by atoms with E-state index in [2.05, 4.69) is 16.4 Å². The van der Waals surface area contributed by atoms with E-state index < -0.39 is 5.91 Å². The second kappa shape index (κ2) is 6.73. The number of nitrogens with zero attached hydrogens (tertiary/aromatic N) is 1. The lowest BCUT2D eigenvalue weighted by atomic mass is 10.2. The van der Waals surface area contributed by atoms with Gasteiger partial charge in [-0.05, 0) is 25.5 Å². The molecule has 0 saturated heterocycles. The number of thioether (sulfide) groups is 1. The Hall–Kier alpha value is -1.86. The maximum absolute atomic E-state index is 11.9. The smallest absolute Gasteiger partial charge is 0.260 e. The van der Waals surface area contributed by atoms with Crippen LogP contribution in [-0.4, -0.2) is 22.6 Å². The number of nitrogens with one attached hydrogen (secondary N) is 1. The molecule has 0 atom stereocenters. The first-order valence-corrected chi connectivity index (χ1v) is 8.01. The molecule has 7 heteroatoms. The number of nitrogens with two attached hydrogens (primary N) is 1. The van der Waals surface area contributed by atoms with Gasteiger partial charge in [0.05, 0.1) is 11.9 Å². The van der Waals surface area contributed by atoms with Gasteiger partial charge in [0.25, 0.3) is 5.91 Å². The molecule has 2 amide bonds. The number of thiazole rings is 1. The van der Waals surface area contributed by atoms with E-state index in [0.29, 0.717) is 10.0 Å². The molecule has 2 aromatic rings. The monoisotopic (exact) mass is 321 g/mol. The highest BCUT2D eigenvalue weighted by Crippen LogP contribution is 2.24. The zero-order valence-electron chi connectivity index (χ0n) is 11.7. The van der Waals surface area contributed by atoms with Crippen LogP contribution in [0.15, 0.2) is 29.3 Å². The molecule has 110 valence electrons. The highest BCUT2D eigenvalue weighted by Gasteiger charge is 2.10. The van der Waals surface area contributed by atoms with Gasteiger partial charge in [-0.25, -0.2) is 4.98 Å². The maximum atomic E-state index is 11.9. The van der Waals surface area contributed by atoms with Crippen molar-refractivity contribution in [1.82, 2.24) is 4.98 Å². The first kappa shape index (κ1) is 15.5. The summed E-state index contributed by atoms with van der Waals surface area (Å²) in [7, 11) is 0. The van der Waals surface area contributed by atoms with Crippen LogP contribution in [0.1, 0.15) is 20.8 Å². The average molecular weight is 321 g/mol. The Bertz CT molecular complexity index is 683. The van der Waals surface area contributed by atoms with Crippen LogP contribution in [-0.2, 0) is 4.79 Å².